The molecule has 22 heavy (non-hydrogen) atoms. The summed E-state index contributed by atoms with van der Waals surface area (Å²) in [5.74, 6) is -0.248. The van der Waals surface area contributed by atoms with Crippen molar-refractivity contribution in [1.29, 1.82) is 0 Å². The second-order valence-electron chi connectivity index (χ2n) is 4.89. The first-order valence-corrected chi connectivity index (χ1v) is 8.70. The number of amides is 2. The summed E-state index contributed by atoms with van der Waals surface area (Å²) < 4.78 is 5.70. The molecule has 0 aromatic heterocycles. The zero-order valence-corrected chi connectivity index (χ0v) is 15.1. The molecule has 1 saturated heterocycles. The Morgan fingerprint density at radius 1 is 1.18 bits per heavy atom. The van der Waals surface area contributed by atoms with Crippen LogP contribution in [0, 0.1) is 0 Å². The Bertz CT molecular complexity index is 606. The van der Waals surface area contributed by atoms with E-state index in [1.165, 1.54) is 7.05 Å². The minimum Gasteiger partial charge on any atom is -0.404 e. The van der Waals surface area contributed by atoms with E-state index in [1.807, 2.05) is 24.3 Å². The lowest BCUT2D eigenvalue weighted by atomic mass is 10.1. The number of hydrogen-bond donors (Lipinski definition) is 0. The summed E-state index contributed by atoms with van der Waals surface area (Å²) in [6.45, 7) is 6.11. The summed E-state index contributed by atoms with van der Waals surface area (Å²) >= 11 is 2.17. The van der Waals surface area contributed by atoms with Crippen LogP contribution in [0.3, 0.4) is 0 Å². The van der Waals surface area contributed by atoms with Crippen molar-refractivity contribution >= 4 is 45.9 Å². The smallest absolute Gasteiger partial charge is 0.404 e. The molecule has 0 aliphatic carbocycles. The molecule has 0 N–H and O–H groups in total. The standard InChI is InChI=1S/C16H19IN2O3/c1-4-19(5-2)12-8-6-11(7-9-12)13(10-17)14-15(20)18(3)16(21)22-14/h6-9H,4-5,10H2,1-3H3/b14-13+. The van der Waals surface area contributed by atoms with Crippen molar-refractivity contribution in [3.05, 3.63) is 35.6 Å². The van der Waals surface area contributed by atoms with Gasteiger partial charge < -0.3 is 9.64 Å². The number of carbonyl (C=O) groups is 2. The molecule has 5 nitrogen and oxygen atoms in total. The van der Waals surface area contributed by atoms with Crippen LogP contribution in [0.1, 0.15) is 19.4 Å². The van der Waals surface area contributed by atoms with E-state index in [0.29, 0.717) is 4.43 Å². The number of halogens is 1. The SMILES string of the molecule is CCN(CC)c1ccc(/C(CI)=C2/OC(=O)N(C)C2=O)cc1. The maximum Gasteiger partial charge on any atom is 0.422 e. The van der Waals surface area contributed by atoms with Crippen molar-refractivity contribution in [1.82, 2.24) is 4.90 Å². The molecule has 1 aliphatic heterocycles. The molecule has 1 aromatic rings. The van der Waals surface area contributed by atoms with Gasteiger partial charge in [-0.05, 0) is 31.5 Å². The van der Waals surface area contributed by atoms with Gasteiger partial charge in [0.2, 0.25) is 5.76 Å². The van der Waals surface area contributed by atoms with Crippen LogP contribution in [-0.4, -0.2) is 41.5 Å². The van der Waals surface area contributed by atoms with Crippen LogP contribution in [0.25, 0.3) is 5.57 Å². The summed E-state index contributed by atoms with van der Waals surface area (Å²) in [6, 6.07) is 7.99. The minimum atomic E-state index is -0.623. The number of carbonyl (C=O) groups excluding carboxylic acids is 2. The molecule has 0 radical (unpaired) electrons. The Morgan fingerprint density at radius 2 is 1.77 bits per heavy atom. The van der Waals surface area contributed by atoms with E-state index in [4.69, 9.17) is 4.74 Å². The second kappa shape index (κ2) is 7.13. The quantitative estimate of drug-likeness (QED) is 0.422. The average molecular weight is 414 g/mol. The fraction of sp³-hybridized carbons (Fsp3) is 0.375. The molecule has 0 saturated carbocycles. The summed E-state index contributed by atoms with van der Waals surface area (Å²) in [5.41, 5.74) is 2.78. The van der Waals surface area contributed by atoms with Crippen molar-refractivity contribution in [2.45, 2.75) is 13.8 Å². The highest BCUT2D eigenvalue weighted by Gasteiger charge is 2.35. The highest BCUT2D eigenvalue weighted by molar-refractivity contribution is 14.1. The number of ether oxygens (including phenoxy) is 1. The zero-order valence-electron chi connectivity index (χ0n) is 12.9. The van der Waals surface area contributed by atoms with E-state index in [9.17, 15) is 9.59 Å². The monoisotopic (exact) mass is 414 g/mol. The molecule has 1 heterocycles. The van der Waals surface area contributed by atoms with Crippen LogP contribution in [0.2, 0.25) is 0 Å². The number of imide groups is 1. The van der Waals surface area contributed by atoms with Crippen molar-refractivity contribution in [2.24, 2.45) is 0 Å². The topological polar surface area (TPSA) is 49.9 Å². The van der Waals surface area contributed by atoms with Gasteiger partial charge in [0.05, 0.1) is 0 Å². The third-order valence-corrected chi connectivity index (χ3v) is 4.48. The Morgan fingerprint density at radius 3 is 2.18 bits per heavy atom. The van der Waals surface area contributed by atoms with Crippen LogP contribution in [0.5, 0.6) is 0 Å². The van der Waals surface area contributed by atoms with Gasteiger partial charge in [-0.15, -0.1) is 0 Å². The fourth-order valence-corrected chi connectivity index (χ4v) is 3.14. The molecule has 2 amide bonds. The summed E-state index contributed by atoms with van der Waals surface area (Å²) in [7, 11) is 1.42. The maximum absolute atomic E-state index is 12.1. The third kappa shape index (κ3) is 3.11. The molecule has 0 bridgehead atoms. The molecule has 0 unspecified atom stereocenters. The van der Waals surface area contributed by atoms with Gasteiger partial charge in [0.25, 0.3) is 5.91 Å². The van der Waals surface area contributed by atoms with Gasteiger partial charge in [0.15, 0.2) is 0 Å². The van der Waals surface area contributed by atoms with Crippen LogP contribution in [-0.2, 0) is 9.53 Å². The van der Waals surface area contributed by atoms with Crippen LogP contribution >= 0.6 is 22.6 Å². The van der Waals surface area contributed by atoms with Gasteiger partial charge in [0.1, 0.15) is 0 Å². The number of rotatable bonds is 5. The van der Waals surface area contributed by atoms with Crippen LogP contribution in [0.4, 0.5) is 10.5 Å². The highest BCUT2D eigenvalue weighted by Crippen LogP contribution is 2.28. The lowest BCUT2D eigenvalue weighted by Gasteiger charge is -2.21. The molecular weight excluding hydrogens is 395 g/mol. The molecule has 118 valence electrons. The highest BCUT2D eigenvalue weighted by atomic mass is 127. The largest absolute Gasteiger partial charge is 0.422 e. The summed E-state index contributed by atoms with van der Waals surface area (Å²) in [4.78, 5) is 26.8. The van der Waals surface area contributed by atoms with E-state index in [2.05, 4.69) is 41.3 Å². The number of likely N-dealkylation sites (N-methyl/N-ethyl adjacent to an activating group) is 1. The Balaban J connectivity index is 2.37. The molecule has 6 heteroatoms. The molecule has 1 fully saturated rings. The first kappa shape index (κ1) is 16.8. The van der Waals surface area contributed by atoms with E-state index in [0.717, 1.165) is 34.8 Å². The Hall–Kier alpha value is -1.57. The van der Waals surface area contributed by atoms with Crippen LogP contribution in [0.15, 0.2) is 30.0 Å². The van der Waals surface area contributed by atoms with E-state index in [-0.39, 0.29) is 11.7 Å². The number of benzene rings is 1. The van der Waals surface area contributed by atoms with E-state index >= 15 is 0 Å². The molecule has 1 aliphatic rings. The predicted octanol–water partition coefficient (Wildman–Crippen LogP) is 3.29. The minimum absolute atomic E-state index is 0.137. The van der Waals surface area contributed by atoms with Crippen molar-refractivity contribution in [2.75, 3.05) is 29.5 Å². The Kier molecular flexibility index (Phi) is 5.44. The molecule has 0 atom stereocenters. The van der Waals surface area contributed by atoms with Gasteiger partial charge >= 0.3 is 6.09 Å². The number of allylic oxidation sites excluding steroid dienone is 1. The first-order valence-electron chi connectivity index (χ1n) is 7.17. The van der Waals surface area contributed by atoms with Gasteiger partial charge in [-0.1, -0.05) is 34.7 Å². The van der Waals surface area contributed by atoms with E-state index < -0.39 is 6.09 Å². The average Bonchev–Trinajstić information content (AvgIpc) is 2.78. The number of hydrogen-bond acceptors (Lipinski definition) is 4. The predicted molar refractivity (Wildman–Crippen MR) is 95.1 cm³/mol. The summed E-state index contributed by atoms with van der Waals surface area (Å²) in [6.07, 6.45) is -0.623. The fourth-order valence-electron chi connectivity index (χ4n) is 2.36. The van der Waals surface area contributed by atoms with Crippen molar-refractivity contribution in [3.8, 4) is 0 Å². The van der Waals surface area contributed by atoms with Gasteiger partial charge in [-0.2, -0.15) is 0 Å². The number of alkyl halides is 1. The maximum atomic E-state index is 12.1. The number of anilines is 1. The van der Waals surface area contributed by atoms with E-state index in [1.54, 1.807) is 0 Å². The van der Waals surface area contributed by atoms with Gasteiger partial charge in [0, 0.05) is 35.8 Å². The number of nitrogens with zero attached hydrogens (tertiary/aromatic N) is 2. The Labute approximate surface area is 144 Å². The zero-order chi connectivity index (χ0) is 16.3. The van der Waals surface area contributed by atoms with Gasteiger partial charge in [-0.25, -0.2) is 9.69 Å². The normalized spacial score (nSPS) is 16.8. The lowest BCUT2D eigenvalue weighted by molar-refractivity contribution is -0.122. The number of cyclic esters (lactones) is 1. The lowest BCUT2D eigenvalue weighted by Crippen LogP contribution is -2.23. The van der Waals surface area contributed by atoms with Crippen molar-refractivity contribution in [3.63, 3.8) is 0 Å². The molecular formula is C16H19IN2O3. The van der Waals surface area contributed by atoms with Gasteiger partial charge in [-0.3, -0.25) is 4.79 Å². The summed E-state index contributed by atoms with van der Waals surface area (Å²) in [5, 5.41) is 0. The first-order chi connectivity index (χ1) is 10.5. The second-order valence-corrected chi connectivity index (χ2v) is 5.66. The third-order valence-electron chi connectivity index (χ3n) is 3.71. The molecule has 2 rings (SSSR count). The van der Waals surface area contributed by atoms with Crippen LogP contribution < -0.4 is 4.90 Å². The van der Waals surface area contributed by atoms with Crippen molar-refractivity contribution < 1.29 is 14.3 Å². The molecule has 1 aromatic carbocycles. The molecule has 0 spiro atoms.